The number of halogens is 19. The summed E-state index contributed by atoms with van der Waals surface area (Å²) < 4.78 is 263. The summed E-state index contributed by atoms with van der Waals surface area (Å²) in [5.74, 6) is -5.52. The van der Waals surface area contributed by atoms with Gasteiger partial charge < -0.3 is 9.47 Å². The summed E-state index contributed by atoms with van der Waals surface area (Å²) in [4.78, 5) is 0. The van der Waals surface area contributed by atoms with Crippen molar-refractivity contribution in [3.8, 4) is 0 Å². The van der Waals surface area contributed by atoms with Crippen LogP contribution < -0.4 is 0 Å². The van der Waals surface area contributed by atoms with Crippen LogP contribution in [0.25, 0.3) is 0 Å². The van der Waals surface area contributed by atoms with Crippen LogP contribution in [0.15, 0.2) is 22.7 Å². The molecular formula is C20H19F19O2. The maximum Gasteiger partial charge on any atom is 0.449 e. The Morgan fingerprint density at radius 3 is 0.902 bits per heavy atom. The van der Waals surface area contributed by atoms with Crippen LogP contribution in [0.2, 0.25) is 0 Å². The van der Waals surface area contributed by atoms with E-state index in [-0.39, 0.29) is 6.92 Å². The lowest BCUT2D eigenvalue weighted by atomic mass is 9.83. The molecule has 0 saturated heterocycles. The molecule has 0 aliphatic rings. The molecule has 0 rings (SSSR count). The van der Waals surface area contributed by atoms with Crippen LogP contribution in [0, 0.1) is 0 Å². The van der Waals surface area contributed by atoms with Gasteiger partial charge in [0.25, 0.3) is 0 Å². The molecule has 2 nitrogen and oxygen atoms in total. The molecule has 0 amide bonds. The van der Waals surface area contributed by atoms with Crippen molar-refractivity contribution in [1.29, 1.82) is 0 Å². The van der Waals surface area contributed by atoms with E-state index in [0.717, 1.165) is 0 Å². The third kappa shape index (κ3) is 7.78. The standard InChI is InChI=1S/C20H19F19O2/c1-8(9(12(2,21)17(28,29)30)13(3,22)18(31,32)33)40-6-7-41-11(16(25,26)27)10(14(4,23)19(34,35)36)15(5,24)20(37,38)39/h6-7H2,1-5H3. The molecule has 0 bridgehead atoms. The van der Waals surface area contributed by atoms with Crippen LogP contribution in [0.4, 0.5) is 83.4 Å². The molecular weight excluding hydrogens is 633 g/mol. The summed E-state index contributed by atoms with van der Waals surface area (Å²) in [5, 5.41) is 0. The van der Waals surface area contributed by atoms with Crippen LogP contribution in [0.5, 0.6) is 0 Å². The first-order valence-electron chi connectivity index (χ1n) is 10.3. The van der Waals surface area contributed by atoms with E-state index in [1.807, 2.05) is 0 Å². The van der Waals surface area contributed by atoms with Crippen molar-refractivity contribution in [1.82, 2.24) is 0 Å². The summed E-state index contributed by atoms with van der Waals surface area (Å²) in [6, 6.07) is 0. The molecule has 0 N–H and O–H groups in total. The van der Waals surface area contributed by atoms with Gasteiger partial charge in [-0.05, 0) is 34.6 Å². The first-order valence-corrected chi connectivity index (χ1v) is 10.3. The van der Waals surface area contributed by atoms with E-state index in [1.54, 1.807) is 0 Å². The molecule has 41 heavy (non-hydrogen) atoms. The van der Waals surface area contributed by atoms with Gasteiger partial charge in [0.15, 0.2) is 0 Å². The van der Waals surface area contributed by atoms with Gasteiger partial charge in [0.1, 0.15) is 13.2 Å². The Bertz CT molecular complexity index is 926. The van der Waals surface area contributed by atoms with E-state index in [2.05, 4.69) is 9.47 Å². The van der Waals surface area contributed by atoms with Crippen LogP contribution in [-0.4, -0.2) is 66.8 Å². The molecule has 244 valence electrons. The maximum absolute atomic E-state index is 14.5. The van der Waals surface area contributed by atoms with Gasteiger partial charge in [0.05, 0.1) is 16.9 Å². The Morgan fingerprint density at radius 2 is 0.659 bits per heavy atom. The van der Waals surface area contributed by atoms with Gasteiger partial charge in [0.2, 0.25) is 28.4 Å². The second kappa shape index (κ2) is 11.1. The summed E-state index contributed by atoms with van der Waals surface area (Å²) in [6.07, 6.45) is -32.4. The molecule has 21 heteroatoms. The second-order valence-corrected chi connectivity index (χ2v) is 8.83. The van der Waals surface area contributed by atoms with Gasteiger partial charge >= 0.3 is 30.9 Å². The minimum atomic E-state index is -6.64. The highest BCUT2D eigenvalue weighted by Gasteiger charge is 2.70. The molecule has 0 saturated carbocycles. The Morgan fingerprint density at radius 1 is 0.415 bits per heavy atom. The molecule has 4 unspecified atom stereocenters. The third-order valence-electron chi connectivity index (χ3n) is 5.49. The molecule has 0 fully saturated rings. The zero-order valence-corrected chi connectivity index (χ0v) is 20.9. The number of ether oxygens (including phenoxy) is 2. The zero-order valence-electron chi connectivity index (χ0n) is 20.9. The van der Waals surface area contributed by atoms with Crippen molar-refractivity contribution in [2.75, 3.05) is 13.2 Å². The van der Waals surface area contributed by atoms with E-state index >= 15 is 0 Å². The number of hydrogen-bond donors (Lipinski definition) is 0. The average molecular weight is 652 g/mol. The lowest BCUT2D eigenvalue weighted by Gasteiger charge is -2.37. The Kier molecular flexibility index (Phi) is 10.5. The quantitative estimate of drug-likeness (QED) is 0.141. The van der Waals surface area contributed by atoms with E-state index in [0.29, 0.717) is 0 Å². The van der Waals surface area contributed by atoms with Gasteiger partial charge in [-0.3, -0.25) is 0 Å². The van der Waals surface area contributed by atoms with Crippen LogP contribution in [0.1, 0.15) is 34.6 Å². The third-order valence-corrected chi connectivity index (χ3v) is 5.49. The molecule has 0 heterocycles. The monoisotopic (exact) mass is 652 g/mol. The number of alkyl halides is 19. The second-order valence-electron chi connectivity index (χ2n) is 8.83. The fraction of sp³-hybridized carbons (Fsp3) is 0.800. The van der Waals surface area contributed by atoms with E-state index in [4.69, 9.17) is 0 Å². The molecule has 0 radical (unpaired) electrons. The van der Waals surface area contributed by atoms with Gasteiger partial charge in [-0.15, -0.1) is 0 Å². The maximum atomic E-state index is 14.5. The first kappa shape index (κ1) is 38.8. The lowest BCUT2D eigenvalue weighted by Crippen LogP contribution is -2.53. The van der Waals surface area contributed by atoms with E-state index < -0.39 is 117 Å². The number of hydrogen-bond acceptors (Lipinski definition) is 2. The molecule has 0 spiro atoms. The highest BCUT2D eigenvalue weighted by molar-refractivity contribution is 5.35. The normalized spacial score (nSPS) is 19.7. The number of rotatable bonds is 9. The highest BCUT2D eigenvalue weighted by Crippen LogP contribution is 2.54. The van der Waals surface area contributed by atoms with Crippen LogP contribution in [-0.2, 0) is 9.47 Å². The van der Waals surface area contributed by atoms with Crippen molar-refractivity contribution in [2.24, 2.45) is 0 Å². The lowest BCUT2D eigenvalue weighted by molar-refractivity contribution is -0.249. The Labute approximate surface area is 218 Å². The molecule has 0 aromatic heterocycles. The molecule has 0 aliphatic carbocycles. The average Bonchev–Trinajstić information content (AvgIpc) is 2.64. The van der Waals surface area contributed by atoms with Crippen LogP contribution >= 0.6 is 0 Å². The topological polar surface area (TPSA) is 18.5 Å². The molecule has 4 atom stereocenters. The summed E-state index contributed by atoms with van der Waals surface area (Å²) in [5.41, 5.74) is -28.4. The molecule has 0 aromatic carbocycles. The minimum Gasteiger partial charge on any atom is -0.494 e. The van der Waals surface area contributed by atoms with Gasteiger partial charge in [-0.1, -0.05) is 0 Å². The van der Waals surface area contributed by atoms with Crippen LogP contribution in [0.3, 0.4) is 0 Å². The zero-order chi connectivity index (χ0) is 33.6. The molecule has 0 aliphatic heterocycles. The summed E-state index contributed by atoms with van der Waals surface area (Å²) in [6.45, 7) is -6.90. The SMILES string of the molecule is CC(OCCOC(=C(C(C)(F)C(F)(F)F)C(C)(F)C(F)(F)F)C(F)(F)F)=C(C(C)(F)C(F)(F)F)C(C)(F)C(F)(F)F. The highest BCUT2D eigenvalue weighted by atomic mass is 19.4. The van der Waals surface area contributed by atoms with Gasteiger partial charge in [-0.2, -0.15) is 65.9 Å². The van der Waals surface area contributed by atoms with Crippen molar-refractivity contribution in [3.05, 3.63) is 22.7 Å². The Hall–Kier alpha value is -2.25. The summed E-state index contributed by atoms with van der Waals surface area (Å²) >= 11 is 0. The van der Waals surface area contributed by atoms with Crippen molar-refractivity contribution in [3.63, 3.8) is 0 Å². The van der Waals surface area contributed by atoms with Crippen molar-refractivity contribution >= 4 is 0 Å². The Balaban J connectivity index is 6.93. The van der Waals surface area contributed by atoms with Crippen molar-refractivity contribution in [2.45, 2.75) is 88.2 Å². The number of allylic oxidation sites excluding steroid dienone is 4. The predicted molar refractivity (Wildman–Crippen MR) is 100.0 cm³/mol. The van der Waals surface area contributed by atoms with Gasteiger partial charge in [-0.25, -0.2) is 17.6 Å². The predicted octanol–water partition coefficient (Wildman–Crippen LogP) is 9.27. The summed E-state index contributed by atoms with van der Waals surface area (Å²) in [7, 11) is 0. The van der Waals surface area contributed by atoms with E-state index in [1.165, 1.54) is 0 Å². The minimum absolute atomic E-state index is 0.0545. The van der Waals surface area contributed by atoms with Crippen molar-refractivity contribution < 1.29 is 92.9 Å². The van der Waals surface area contributed by atoms with E-state index in [9.17, 15) is 83.4 Å². The fourth-order valence-electron chi connectivity index (χ4n) is 3.24. The molecule has 0 aromatic rings. The largest absolute Gasteiger partial charge is 0.494 e. The van der Waals surface area contributed by atoms with Gasteiger partial charge in [0, 0.05) is 0 Å². The smallest absolute Gasteiger partial charge is 0.449 e. The fourth-order valence-corrected chi connectivity index (χ4v) is 3.24. The first-order chi connectivity index (χ1) is 17.5.